The number of para-hydroxylation sites is 1. The first kappa shape index (κ1) is 12.9. The highest BCUT2D eigenvalue weighted by atomic mass is 127. The first-order valence-corrected chi connectivity index (χ1v) is 8.72. The summed E-state index contributed by atoms with van der Waals surface area (Å²) in [6.45, 7) is 0. The van der Waals surface area contributed by atoms with Gasteiger partial charge in [-0.3, -0.25) is 0 Å². The maximum Gasteiger partial charge on any atom is 0.0660 e. The summed E-state index contributed by atoms with van der Waals surface area (Å²) in [4.78, 5) is 1.57. The Balaban J connectivity index is 1.88. The molecule has 0 radical (unpaired) electrons. The molecule has 1 nitrogen and oxygen atoms in total. The zero-order valence-corrected chi connectivity index (χ0v) is 14.3. The van der Waals surface area contributed by atoms with E-state index >= 15 is 0 Å². The number of aryl methyl sites for hydroxylation is 1. The van der Waals surface area contributed by atoms with Crippen molar-refractivity contribution in [2.75, 3.05) is 5.32 Å². The quantitative estimate of drug-likeness (QED) is 0.607. The van der Waals surface area contributed by atoms with Crippen molar-refractivity contribution in [1.29, 1.82) is 0 Å². The van der Waals surface area contributed by atoms with Crippen LogP contribution < -0.4 is 5.32 Å². The lowest BCUT2D eigenvalue weighted by Crippen LogP contribution is -2.15. The van der Waals surface area contributed by atoms with E-state index in [0.29, 0.717) is 6.04 Å². The van der Waals surface area contributed by atoms with Gasteiger partial charge in [0.25, 0.3) is 0 Å². The van der Waals surface area contributed by atoms with Gasteiger partial charge in [0.15, 0.2) is 0 Å². The standard InChI is InChI=1S/C14H13BrINS/c15-10-4-1-2-5-12(10)17-11-6-3-7-13-9(11)8-14(16)18-13/h1-2,4-5,8,11,17H,3,6-7H2. The van der Waals surface area contributed by atoms with Gasteiger partial charge in [-0.2, -0.15) is 0 Å². The predicted octanol–water partition coefficient (Wildman–Crippen LogP) is 5.60. The second kappa shape index (κ2) is 5.51. The van der Waals surface area contributed by atoms with Crippen LogP contribution in [0, 0.1) is 2.88 Å². The highest BCUT2D eigenvalue weighted by Gasteiger charge is 2.22. The van der Waals surface area contributed by atoms with E-state index in [1.807, 2.05) is 11.3 Å². The van der Waals surface area contributed by atoms with E-state index in [1.165, 1.54) is 33.4 Å². The number of anilines is 1. The Labute approximate surface area is 133 Å². The second-order valence-electron chi connectivity index (χ2n) is 4.50. The van der Waals surface area contributed by atoms with Crippen molar-refractivity contribution in [3.05, 3.63) is 48.1 Å². The molecule has 3 rings (SSSR count). The number of fused-ring (bicyclic) bond motifs is 1. The van der Waals surface area contributed by atoms with Crippen molar-refractivity contribution in [2.24, 2.45) is 0 Å². The fourth-order valence-corrected chi connectivity index (χ4v) is 4.96. The zero-order valence-electron chi connectivity index (χ0n) is 9.75. The lowest BCUT2D eigenvalue weighted by molar-refractivity contribution is 0.608. The highest BCUT2D eigenvalue weighted by Crippen LogP contribution is 2.38. The van der Waals surface area contributed by atoms with Gasteiger partial charge in [-0.15, -0.1) is 11.3 Å². The smallest absolute Gasteiger partial charge is 0.0660 e. The Kier molecular flexibility index (Phi) is 3.96. The van der Waals surface area contributed by atoms with Crippen LogP contribution in [0.1, 0.15) is 29.3 Å². The van der Waals surface area contributed by atoms with Gasteiger partial charge in [-0.25, -0.2) is 0 Å². The fourth-order valence-electron chi connectivity index (χ4n) is 2.44. The summed E-state index contributed by atoms with van der Waals surface area (Å²) in [5.41, 5.74) is 2.70. The van der Waals surface area contributed by atoms with Gasteiger partial charge in [0.05, 0.1) is 8.93 Å². The monoisotopic (exact) mass is 433 g/mol. The van der Waals surface area contributed by atoms with E-state index < -0.39 is 0 Å². The van der Waals surface area contributed by atoms with Gasteiger partial charge in [0.1, 0.15) is 0 Å². The number of nitrogens with one attached hydrogen (secondary N) is 1. The van der Waals surface area contributed by atoms with Gasteiger partial charge in [-0.05, 0) is 81.5 Å². The van der Waals surface area contributed by atoms with Crippen LogP contribution in [0.15, 0.2) is 34.8 Å². The number of hydrogen-bond donors (Lipinski definition) is 1. The molecule has 0 saturated heterocycles. The number of hydrogen-bond acceptors (Lipinski definition) is 2. The third kappa shape index (κ3) is 2.60. The van der Waals surface area contributed by atoms with E-state index in [0.717, 1.165) is 4.47 Å². The Morgan fingerprint density at radius 3 is 3.00 bits per heavy atom. The predicted molar refractivity (Wildman–Crippen MR) is 90.5 cm³/mol. The van der Waals surface area contributed by atoms with Gasteiger partial charge >= 0.3 is 0 Å². The molecule has 1 unspecified atom stereocenters. The molecular weight excluding hydrogens is 421 g/mol. The first-order valence-electron chi connectivity index (χ1n) is 6.03. The molecule has 1 aromatic carbocycles. The Hall–Kier alpha value is -0.0700. The molecule has 0 bridgehead atoms. The maximum absolute atomic E-state index is 3.68. The van der Waals surface area contributed by atoms with Crippen molar-refractivity contribution in [3.63, 3.8) is 0 Å². The molecule has 1 atom stereocenters. The van der Waals surface area contributed by atoms with E-state index in [9.17, 15) is 0 Å². The topological polar surface area (TPSA) is 12.0 Å². The Morgan fingerprint density at radius 2 is 2.17 bits per heavy atom. The summed E-state index contributed by atoms with van der Waals surface area (Å²) < 4.78 is 2.54. The summed E-state index contributed by atoms with van der Waals surface area (Å²) in [5.74, 6) is 0. The average Bonchev–Trinajstić information content (AvgIpc) is 2.73. The highest BCUT2D eigenvalue weighted by molar-refractivity contribution is 14.1. The van der Waals surface area contributed by atoms with E-state index in [1.54, 1.807) is 4.88 Å². The molecule has 1 N–H and O–H groups in total. The molecule has 0 aliphatic heterocycles. The molecule has 1 heterocycles. The van der Waals surface area contributed by atoms with Crippen LogP contribution in [0.5, 0.6) is 0 Å². The molecule has 0 spiro atoms. The molecule has 18 heavy (non-hydrogen) atoms. The third-order valence-electron chi connectivity index (χ3n) is 3.29. The lowest BCUT2D eigenvalue weighted by atomic mass is 9.94. The molecule has 94 valence electrons. The average molecular weight is 434 g/mol. The molecule has 4 heteroatoms. The number of rotatable bonds is 2. The van der Waals surface area contributed by atoms with Crippen LogP contribution >= 0.6 is 49.9 Å². The Bertz CT molecular complexity index is 567. The Morgan fingerprint density at radius 1 is 1.33 bits per heavy atom. The van der Waals surface area contributed by atoms with Crippen molar-refractivity contribution < 1.29 is 0 Å². The minimum absolute atomic E-state index is 0.465. The normalized spacial score (nSPS) is 18.4. The van der Waals surface area contributed by atoms with Crippen molar-refractivity contribution >= 4 is 55.5 Å². The van der Waals surface area contributed by atoms with Crippen LogP contribution in [0.2, 0.25) is 0 Å². The molecule has 0 amide bonds. The minimum Gasteiger partial charge on any atom is -0.377 e. The van der Waals surface area contributed by atoms with E-state index in [-0.39, 0.29) is 0 Å². The maximum atomic E-state index is 3.68. The summed E-state index contributed by atoms with van der Waals surface area (Å²) in [6.07, 6.45) is 3.75. The first-order chi connectivity index (χ1) is 8.74. The molecule has 1 aromatic heterocycles. The molecule has 0 saturated carbocycles. The SMILES string of the molecule is Brc1ccccc1NC1CCCc2sc(I)cc21. The molecule has 0 fully saturated rings. The van der Waals surface area contributed by atoms with Gasteiger partial charge in [0.2, 0.25) is 0 Å². The number of thiophene rings is 1. The largest absolute Gasteiger partial charge is 0.377 e. The van der Waals surface area contributed by atoms with Crippen molar-refractivity contribution in [2.45, 2.75) is 25.3 Å². The molecule has 2 aromatic rings. The van der Waals surface area contributed by atoms with Crippen LogP contribution in [0.4, 0.5) is 5.69 Å². The third-order valence-corrected chi connectivity index (χ3v) is 5.95. The summed E-state index contributed by atoms with van der Waals surface area (Å²) in [7, 11) is 0. The van der Waals surface area contributed by atoms with E-state index in [2.05, 4.69) is 74.2 Å². The molecule has 1 aliphatic carbocycles. The number of benzene rings is 1. The van der Waals surface area contributed by atoms with Crippen LogP contribution in [0.3, 0.4) is 0 Å². The van der Waals surface area contributed by atoms with Crippen molar-refractivity contribution in [3.8, 4) is 0 Å². The molecular formula is C14H13BrINS. The van der Waals surface area contributed by atoms with Crippen molar-refractivity contribution in [1.82, 2.24) is 0 Å². The summed E-state index contributed by atoms with van der Waals surface area (Å²) in [5, 5.41) is 3.68. The van der Waals surface area contributed by atoms with Gasteiger partial charge in [-0.1, -0.05) is 12.1 Å². The lowest BCUT2D eigenvalue weighted by Gasteiger charge is -2.25. The number of halogens is 2. The summed E-state index contributed by atoms with van der Waals surface area (Å²) >= 11 is 7.98. The van der Waals surface area contributed by atoms with E-state index in [4.69, 9.17) is 0 Å². The van der Waals surface area contributed by atoms with Crippen LogP contribution in [-0.4, -0.2) is 0 Å². The van der Waals surface area contributed by atoms with Gasteiger partial charge < -0.3 is 5.32 Å². The minimum atomic E-state index is 0.465. The molecule has 1 aliphatic rings. The van der Waals surface area contributed by atoms with Gasteiger partial charge in [0, 0.05) is 15.0 Å². The van der Waals surface area contributed by atoms with Crippen LogP contribution in [0.25, 0.3) is 0 Å². The fraction of sp³-hybridized carbons (Fsp3) is 0.286. The zero-order chi connectivity index (χ0) is 12.5. The second-order valence-corrected chi connectivity index (χ2v) is 8.38. The summed E-state index contributed by atoms with van der Waals surface area (Å²) in [6, 6.07) is 11.2. The van der Waals surface area contributed by atoms with Crippen LogP contribution in [-0.2, 0) is 6.42 Å².